The van der Waals surface area contributed by atoms with Gasteiger partial charge in [0, 0.05) is 6.07 Å². The van der Waals surface area contributed by atoms with Crippen LogP contribution in [0, 0.1) is 5.92 Å². The molecule has 0 bridgehead atoms. The molecule has 2 aliphatic rings. The average Bonchev–Trinajstić information content (AvgIpc) is 3.16. The Morgan fingerprint density at radius 2 is 1.80 bits per heavy atom. The number of aromatic nitrogens is 2. The Morgan fingerprint density at radius 3 is 2.37 bits per heavy atom. The Hall–Kier alpha value is -1.35. The standard InChI is InChI=1S/C22H38N2O9SSi/c1-13(2)21(3,4)35(8,9)30-12-15-17-18(33-22(5,6)32-17)19(31-15)24-14(11-29-34(7,27)28)10-16(25)23-20(24)26/h10,13,15,17-19H,11-12H2,1-9H3,(H,23,25,26)/t15-,17-,18-,19-/m1/s1. The van der Waals surface area contributed by atoms with Crippen LogP contribution >= 0.6 is 0 Å². The summed E-state index contributed by atoms with van der Waals surface area (Å²) in [7, 11) is -6.01. The first-order valence-electron chi connectivity index (χ1n) is 11.7. The molecule has 35 heavy (non-hydrogen) atoms. The van der Waals surface area contributed by atoms with Gasteiger partial charge in [-0.25, -0.2) is 4.79 Å². The van der Waals surface area contributed by atoms with Crippen LogP contribution in [0.5, 0.6) is 0 Å². The minimum absolute atomic E-state index is 0.0112. The second-order valence-corrected chi connectivity index (χ2v) is 17.3. The molecule has 1 aromatic rings. The van der Waals surface area contributed by atoms with Crippen LogP contribution in [0.25, 0.3) is 0 Å². The normalized spacial score (nSPS) is 26.9. The van der Waals surface area contributed by atoms with Crippen molar-refractivity contribution < 1.29 is 31.2 Å². The number of hydrogen-bond acceptors (Lipinski definition) is 9. The lowest BCUT2D eigenvalue weighted by molar-refractivity contribution is -0.200. The number of fused-ring (bicyclic) bond motifs is 1. The molecule has 2 aliphatic heterocycles. The third kappa shape index (κ3) is 5.97. The van der Waals surface area contributed by atoms with Crippen molar-refractivity contribution in [3.05, 3.63) is 32.6 Å². The third-order valence-electron chi connectivity index (χ3n) is 7.46. The van der Waals surface area contributed by atoms with E-state index >= 15 is 0 Å². The van der Waals surface area contributed by atoms with E-state index in [9.17, 15) is 18.0 Å². The smallest absolute Gasteiger partial charge is 0.330 e. The van der Waals surface area contributed by atoms with E-state index in [2.05, 4.69) is 45.8 Å². The first-order valence-corrected chi connectivity index (χ1v) is 16.4. The topological polar surface area (TPSA) is 135 Å². The van der Waals surface area contributed by atoms with Crippen LogP contribution in [0.2, 0.25) is 18.1 Å². The number of ether oxygens (including phenoxy) is 3. The quantitative estimate of drug-likeness (QED) is 0.373. The first kappa shape index (κ1) is 28.2. The summed E-state index contributed by atoms with van der Waals surface area (Å²) < 4.78 is 54.1. The molecule has 200 valence electrons. The van der Waals surface area contributed by atoms with Gasteiger partial charge in [0.05, 0.1) is 18.6 Å². The van der Waals surface area contributed by atoms with Gasteiger partial charge in [-0.2, -0.15) is 8.42 Å². The Balaban J connectivity index is 1.94. The molecule has 2 fully saturated rings. The molecule has 4 atom stereocenters. The molecule has 0 unspecified atom stereocenters. The summed E-state index contributed by atoms with van der Waals surface area (Å²) in [6.07, 6.45) is -1.88. The number of nitrogens with zero attached hydrogens (tertiary/aromatic N) is 1. The lowest BCUT2D eigenvalue weighted by atomic mass is 9.99. The van der Waals surface area contributed by atoms with Gasteiger partial charge in [0.25, 0.3) is 15.7 Å². The highest BCUT2D eigenvalue weighted by atomic mass is 32.2. The van der Waals surface area contributed by atoms with Crippen molar-refractivity contribution in [2.24, 2.45) is 5.92 Å². The number of nitrogens with one attached hydrogen (secondary N) is 1. The van der Waals surface area contributed by atoms with Crippen LogP contribution in [0.3, 0.4) is 0 Å². The second-order valence-electron chi connectivity index (χ2n) is 11.1. The van der Waals surface area contributed by atoms with Crippen LogP contribution < -0.4 is 11.2 Å². The van der Waals surface area contributed by atoms with Crippen molar-refractivity contribution >= 4 is 18.4 Å². The third-order valence-corrected chi connectivity index (χ3v) is 12.6. The monoisotopic (exact) mass is 534 g/mol. The first-order chi connectivity index (χ1) is 15.8. The summed E-state index contributed by atoms with van der Waals surface area (Å²) >= 11 is 0. The molecule has 1 N–H and O–H groups in total. The molecule has 0 saturated carbocycles. The number of rotatable bonds is 9. The lowest BCUT2D eigenvalue weighted by Gasteiger charge is -2.43. The van der Waals surface area contributed by atoms with E-state index in [1.165, 1.54) is 0 Å². The molecule has 2 saturated heterocycles. The predicted molar refractivity (Wildman–Crippen MR) is 131 cm³/mol. The SMILES string of the molecule is CC(C)C(C)(C)[Si](C)(C)OC[C@H]1O[C@@H](n2c(COS(C)(=O)=O)cc(=O)[nH]c2=O)[C@@H]2OC(C)(C)O[C@@H]21. The van der Waals surface area contributed by atoms with E-state index < -0.39 is 66.6 Å². The van der Waals surface area contributed by atoms with Crippen molar-refractivity contribution in [3.63, 3.8) is 0 Å². The molecule has 13 heteroatoms. The van der Waals surface area contributed by atoms with E-state index in [-0.39, 0.29) is 17.3 Å². The van der Waals surface area contributed by atoms with E-state index in [4.69, 9.17) is 22.8 Å². The molecule has 0 aromatic carbocycles. The average molecular weight is 535 g/mol. The highest BCUT2D eigenvalue weighted by molar-refractivity contribution is 7.85. The predicted octanol–water partition coefficient (Wildman–Crippen LogP) is 2.09. The highest BCUT2D eigenvalue weighted by Crippen LogP contribution is 2.46. The summed E-state index contributed by atoms with van der Waals surface area (Å²) in [6.45, 7) is 16.4. The molecule has 3 rings (SSSR count). The summed E-state index contributed by atoms with van der Waals surface area (Å²) in [4.78, 5) is 27.0. The molecule has 0 aliphatic carbocycles. The fourth-order valence-corrected chi connectivity index (χ4v) is 6.96. The van der Waals surface area contributed by atoms with Crippen LogP contribution in [-0.4, -0.2) is 63.2 Å². The minimum atomic E-state index is -3.82. The van der Waals surface area contributed by atoms with E-state index in [1.54, 1.807) is 13.8 Å². The lowest BCUT2D eigenvalue weighted by Crippen LogP contribution is -2.47. The Bertz CT molecular complexity index is 1160. The number of aromatic amines is 1. The van der Waals surface area contributed by atoms with Gasteiger partial charge < -0.3 is 18.6 Å². The summed E-state index contributed by atoms with van der Waals surface area (Å²) in [5, 5.41) is -0.0112. The van der Waals surface area contributed by atoms with Crippen molar-refractivity contribution in [1.29, 1.82) is 0 Å². The zero-order valence-electron chi connectivity index (χ0n) is 21.9. The molecule has 11 nitrogen and oxygen atoms in total. The van der Waals surface area contributed by atoms with Gasteiger partial charge in [0.2, 0.25) is 0 Å². The fourth-order valence-electron chi connectivity index (χ4n) is 4.28. The second kappa shape index (κ2) is 9.51. The van der Waals surface area contributed by atoms with Gasteiger partial charge in [-0.15, -0.1) is 0 Å². The van der Waals surface area contributed by atoms with Gasteiger partial charge in [-0.1, -0.05) is 27.7 Å². The van der Waals surface area contributed by atoms with Gasteiger partial charge >= 0.3 is 5.69 Å². The van der Waals surface area contributed by atoms with E-state index in [0.29, 0.717) is 5.92 Å². The number of hydrogen-bond donors (Lipinski definition) is 1. The largest absolute Gasteiger partial charge is 0.414 e. The summed E-state index contributed by atoms with van der Waals surface area (Å²) in [5.74, 6) is -0.522. The van der Waals surface area contributed by atoms with Crippen LogP contribution in [0.1, 0.15) is 53.5 Å². The van der Waals surface area contributed by atoms with Crippen molar-refractivity contribution in [3.8, 4) is 0 Å². The molecular weight excluding hydrogens is 496 g/mol. The molecule has 0 radical (unpaired) electrons. The van der Waals surface area contributed by atoms with Crippen molar-refractivity contribution in [2.45, 2.75) is 96.6 Å². The zero-order chi connectivity index (χ0) is 26.6. The molecule has 0 spiro atoms. The summed E-state index contributed by atoms with van der Waals surface area (Å²) in [5.41, 5.74) is -1.40. The fraction of sp³-hybridized carbons (Fsp3) is 0.818. The molecular formula is C22H38N2O9SSi. The van der Waals surface area contributed by atoms with Gasteiger partial charge in [0.15, 0.2) is 20.3 Å². The Labute approximate surface area is 207 Å². The molecule has 3 heterocycles. The Morgan fingerprint density at radius 1 is 1.20 bits per heavy atom. The van der Waals surface area contributed by atoms with Crippen LogP contribution in [0.4, 0.5) is 0 Å². The van der Waals surface area contributed by atoms with Gasteiger partial charge in [-0.05, 0) is 37.9 Å². The van der Waals surface area contributed by atoms with Crippen LogP contribution in [0.15, 0.2) is 15.7 Å². The summed E-state index contributed by atoms with van der Waals surface area (Å²) in [6, 6.07) is 1.11. The van der Waals surface area contributed by atoms with Gasteiger partial charge in [0.1, 0.15) is 24.9 Å². The maximum atomic E-state index is 12.9. The molecule has 1 aromatic heterocycles. The molecule has 0 amide bonds. The maximum Gasteiger partial charge on any atom is 0.330 e. The van der Waals surface area contributed by atoms with Crippen molar-refractivity contribution in [1.82, 2.24) is 9.55 Å². The number of H-pyrrole nitrogens is 1. The maximum absolute atomic E-state index is 12.9. The highest BCUT2D eigenvalue weighted by Gasteiger charge is 2.57. The van der Waals surface area contributed by atoms with E-state index in [1.807, 2.05) is 0 Å². The Kier molecular flexibility index (Phi) is 7.67. The van der Waals surface area contributed by atoms with E-state index in [0.717, 1.165) is 16.9 Å². The van der Waals surface area contributed by atoms with Crippen LogP contribution in [-0.2, 0) is 39.5 Å². The minimum Gasteiger partial charge on any atom is -0.414 e. The van der Waals surface area contributed by atoms with Crippen molar-refractivity contribution in [2.75, 3.05) is 12.9 Å². The zero-order valence-corrected chi connectivity index (χ0v) is 23.7. The van der Waals surface area contributed by atoms with Gasteiger partial charge in [-0.3, -0.25) is 18.5 Å².